The number of anilines is 1. The van der Waals surface area contributed by atoms with Gasteiger partial charge in [-0.15, -0.1) is 0 Å². The number of hydrogen-bond donors (Lipinski definition) is 2. The molecule has 0 radical (unpaired) electrons. The molecule has 0 unspecified atom stereocenters. The fourth-order valence-electron chi connectivity index (χ4n) is 1.88. The molecule has 1 heterocycles. The summed E-state index contributed by atoms with van der Waals surface area (Å²) >= 11 is 0. The normalized spacial score (nSPS) is 19.4. The Morgan fingerprint density at radius 2 is 1.81 bits per heavy atom. The van der Waals surface area contributed by atoms with Gasteiger partial charge >= 0.3 is 0 Å². The van der Waals surface area contributed by atoms with E-state index in [0.29, 0.717) is 19.4 Å². The zero-order valence-corrected chi connectivity index (χ0v) is 9.10. The molecule has 2 nitrogen and oxygen atoms in total. The highest BCUT2D eigenvalue weighted by Crippen LogP contribution is 2.23. The van der Waals surface area contributed by atoms with Crippen LogP contribution in [0.4, 0.5) is 14.5 Å². The molecular formula is C12H16F2N2. The predicted molar refractivity (Wildman–Crippen MR) is 60.8 cm³/mol. The van der Waals surface area contributed by atoms with Crippen molar-refractivity contribution < 1.29 is 8.78 Å². The Kier molecular flexibility index (Phi) is 3.39. The molecule has 0 atom stereocenters. The first-order valence-corrected chi connectivity index (χ1v) is 5.57. The van der Waals surface area contributed by atoms with Gasteiger partial charge in [0.2, 0.25) is 0 Å². The van der Waals surface area contributed by atoms with Crippen LogP contribution in [0.15, 0.2) is 24.3 Å². The zero-order chi connectivity index (χ0) is 11.4. The molecule has 1 aliphatic heterocycles. The highest BCUT2D eigenvalue weighted by atomic mass is 19.1. The van der Waals surface area contributed by atoms with E-state index in [1.54, 1.807) is 12.1 Å². The minimum atomic E-state index is -1.14. The minimum absolute atomic E-state index is 0.276. The van der Waals surface area contributed by atoms with E-state index in [9.17, 15) is 8.78 Å². The van der Waals surface area contributed by atoms with E-state index >= 15 is 0 Å². The summed E-state index contributed by atoms with van der Waals surface area (Å²) in [6, 6.07) is 5.99. The van der Waals surface area contributed by atoms with Gasteiger partial charge in [0.25, 0.3) is 0 Å². The van der Waals surface area contributed by atoms with Crippen molar-refractivity contribution in [3.8, 4) is 0 Å². The zero-order valence-electron chi connectivity index (χ0n) is 9.10. The first-order chi connectivity index (χ1) is 7.68. The van der Waals surface area contributed by atoms with Crippen molar-refractivity contribution in [2.75, 3.05) is 25.0 Å². The maximum atomic E-state index is 14.2. The number of hydrogen-bond acceptors (Lipinski definition) is 2. The van der Waals surface area contributed by atoms with Crippen LogP contribution >= 0.6 is 0 Å². The lowest BCUT2D eigenvalue weighted by Gasteiger charge is -2.30. The Bertz CT molecular complexity index is 331. The molecule has 0 spiro atoms. The van der Waals surface area contributed by atoms with Gasteiger partial charge in [0.1, 0.15) is 11.5 Å². The Balaban J connectivity index is 1.88. The van der Waals surface area contributed by atoms with Gasteiger partial charge in [-0.05, 0) is 50.2 Å². The van der Waals surface area contributed by atoms with Gasteiger partial charge in [-0.3, -0.25) is 0 Å². The molecule has 0 bridgehead atoms. The van der Waals surface area contributed by atoms with Crippen molar-refractivity contribution in [1.82, 2.24) is 5.32 Å². The van der Waals surface area contributed by atoms with Crippen LogP contribution in [0.2, 0.25) is 0 Å². The Hall–Kier alpha value is -1.16. The lowest BCUT2D eigenvalue weighted by molar-refractivity contribution is 0.131. The fraction of sp³-hybridized carbons (Fsp3) is 0.500. The van der Waals surface area contributed by atoms with Crippen molar-refractivity contribution in [1.29, 1.82) is 0 Å². The molecular weight excluding hydrogens is 210 g/mol. The van der Waals surface area contributed by atoms with Gasteiger partial charge in [-0.25, -0.2) is 8.78 Å². The van der Waals surface area contributed by atoms with Crippen molar-refractivity contribution in [2.45, 2.75) is 18.5 Å². The molecule has 0 saturated carbocycles. The van der Waals surface area contributed by atoms with Crippen LogP contribution in [0.1, 0.15) is 12.8 Å². The number of halogens is 2. The SMILES string of the molecule is Fc1ccc(NCC2(F)CCNCC2)cc1. The van der Waals surface area contributed by atoms with Crippen LogP contribution < -0.4 is 10.6 Å². The molecule has 0 aliphatic carbocycles. The van der Waals surface area contributed by atoms with E-state index in [2.05, 4.69) is 10.6 Å². The fourth-order valence-corrected chi connectivity index (χ4v) is 1.88. The van der Waals surface area contributed by atoms with E-state index < -0.39 is 5.67 Å². The third-order valence-electron chi connectivity index (χ3n) is 2.95. The molecule has 1 fully saturated rings. The van der Waals surface area contributed by atoms with E-state index in [-0.39, 0.29) is 5.82 Å². The van der Waals surface area contributed by atoms with Crippen LogP contribution in [0.25, 0.3) is 0 Å². The summed E-state index contributed by atoms with van der Waals surface area (Å²) in [5, 5.41) is 6.14. The molecule has 1 aliphatic rings. The number of rotatable bonds is 3. The second-order valence-electron chi connectivity index (χ2n) is 4.26. The Morgan fingerprint density at radius 1 is 1.19 bits per heavy atom. The molecule has 1 aromatic carbocycles. The second-order valence-corrected chi connectivity index (χ2v) is 4.26. The molecule has 1 saturated heterocycles. The Morgan fingerprint density at radius 3 is 2.44 bits per heavy atom. The van der Waals surface area contributed by atoms with E-state index in [4.69, 9.17) is 0 Å². The smallest absolute Gasteiger partial charge is 0.130 e. The molecule has 4 heteroatoms. The highest BCUT2D eigenvalue weighted by Gasteiger charge is 2.31. The minimum Gasteiger partial charge on any atom is -0.382 e. The summed E-state index contributed by atoms with van der Waals surface area (Å²) in [6.07, 6.45) is 1.06. The van der Waals surface area contributed by atoms with Crippen LogP contribution in [0.5, 0.6) is 0 Å². The first-order valence-electron chi connectivity index (χ1n) is 5.57. The Labute approximate surface area is 94.0 Å². The first kappa shape index (κ1) is 11.3. The van der Waals surface area contributed by atoms with Gasteiger partial charge in [-0.1, -0.05) is 0 Å². The van der Waals surface area contributed by atoms with Crippen LogP contribution in [0, 0.1) is 5.82 Å². The van der Waals surface area contributed by atoms with Crippen molar-refractivity contribution in [3.63, 3.8) is 0 Å². The maximum absolute atomic E-state index is 14.2. The van der Waals surface area contributed by atoms with E-state index in [0.717, 1.165) is 18.8 Å². The largest absolute Gasteiger partial charge is 0.382 e. The van der Waals surface area contributed by atoms with E-state index in [1.165, 1.54) is 12.1 Å². The summed E-state index contributed by atoms with van der Waals surface area (Å²) in [4.78, 5) is 0. The topological polar surface area (TPSA) is 24.1 Å². The lowest BCUT2D eigenvalue weighted by Crippen LogP contribution is -2.43. The summed E-state index contributed by atoms with van der Waals surface area (Å²) < 4.78 is 26.8. The van der Waals surface area contributed by atoms with Crippen LogP contribution in [0.3, 0.4) is 0 Å². The number of nitrogens with one attached hydrogen (secondary N) is 2. The number of alkyl halides is 1. The van der Waals surface area contributed by atoms with Crippen molar-refractivity contribution in [3.05, 3.63) is 30.1 Å². The van der Waals surface area contributed by atoms with Gasteiger partial charge < -0.3 is 10.6 Å². The molecule has 0 amide bonds. The summed E-state index contributed by atoms with van der Waals surface area (Å²) in [5.74, 6) is -0.276. The molecule has 2 N–H and O–H groups in total. The van der Waals surface area contributed by atoms with Gasteiger partial charge in [0, 0.05) is 12.2 Å². The standard InChI is InChI=1S/C12H16F2N2/c13-10-1-3-11(4-2-10)16-9-12(14)5-7-15-8-6-12/h1-4,15-16H,5-9H2. The predicted octanol–water partition coefficient (Wildman–Crippen LogP) is 2.33. The van der Waals surface area contributed by atoms with Gasteiger partial charge in [0.05, 0.1) is 0 Å². The number of piperidine rings is 1. The van der Waals surface area contributed by atoms with Crippen LogP contribution in [-0.2, 0) is 0 Å². The molecule has 1 aromatic rings. The molecule has 88 valence electrons. The van der Waals surface area contributed by atoms with Crippen molar-refractivity contribution in [2.24, 2.45) is 0 Å². The molecule has 16 heavy (non-hydrogen) atoms. The maximum Gasteiger partial charge on any atom is 0.130 e. The summed E-state index contributed by atoms with van der Waals surface area (Å²) in [6.45, 7) is 1.74. The average Bonchev–Trinajstić information content (AvgIpc) is 2.29. The third-order valence-corrected chi connectivity index (χ3v) is 2.95. The third kappa shape index (κ3) is 2.92. The highest BCUT2D eigenvalue weighted by molar-refractivity contribution is 5.43. The quantitative estimate of drug-likeness (QED) is 0.826. The van der Waals surface area contributed by atoms with Gasteiger partial charge in [0.15, 0.2) is 0 Å². The van der Waals surface area contributed by atoms with Gasteiger partial charge in [-0.2, -0.15) is 0 Å². The second kappa shape index (κ2) is 4.78. The van der Waals surface area contributed by atoms with Crippen LogP contribution in [-0.4, -0.2) is 25.3 Å². The monoisotopic (exact) mass is 226 g/mol. The van der Waals surface area contributed by atoms with E-state index in [1.807, 2.05) is 0 Å². The molecule has 0 aromatic heterocycles. The van der Waals surface area contributed by atoms with Crippen molar-refractivity contribution >= 4 is 5.69 Å². The average molecular weight is 226 g/mol. The summed E-state index contributed by atoms with van der Waals surface area (Å²) in [5.41, 5.74) is -0.378. The lowest BCUT2D eigenvalue weighted by atomic mass is 9.94. The summed E-state index contributed by atoms with van der Waals surface area (Å²) in [7, 11) is 0. The molecule has 2 rings (SSSR count). The number of benzene rings is 1.